The van der Waals surface area contributed by atoms with Gasteiger partial charge in [0.15, 0.2) is 5.13 Å². The molecular weight excluding hydrogens is 246 g/mol. The van der Waals surface area contributed by atoms with Crippen LogP contribution in [0.1, 0.15) is 38.3 Å². The van der Waals surface area contributed by atoms with E-state index >= 15 is 0 Å². The molecule has 1 aliphatic carbocycles. The van der Waals surface area contributed by atoms with E-state index in [0.717, 1.165) is 30.1 Å². The molecule has 5 heteroatoms. The monoisotopic (exact) mass is 267 g/mol. The maximum Gasteiger partial charge on any atom is 0.229 e. The first-order chi connectivity index (χ1) is 8.61. The van der Waals surface area contributed by atoms with Gasteiger partial charge in [0.25, 0.3) is 0 Å². The number of hydrogen-bond donors (Lipinski definition) is 1. The Kier molecular flexibility index (Phi) is 4.35. The maximum absolute atomic E-state index is 12.3. The number of amides is 1. The highest BCUT2D eigenvalue weighted by Crippen LogP contribution is 2.29. The van der Waals surface area contributed by atoms with Crippen LogP contribution in [0.25, 0.3) is 0 Å². The molecule has 0 bridgehead atoms. The van der Waals surface area contributed by atoms with Crippen LogP contribution in [0.2, 0.25) is 0 Å². The molecule has 0 saturated heterocycles. The molecule has 1 saturated carbocycles. The zero-order valence-electron chi connectivity index (χ0n) is 11.1. The van der Waals surface area contributed by atoms with Gasteiger partial charge in [0.2, 0.25) is 5.91 Å². The molecule has 1 fully saturated rings. The molecule has 1 aromatic heterocycles. The number of aryl methyl sites for hydroxylation is 1. The molecule has 2 atom stereocenters. The van der Waals surface area contributed by atoms with Crippen molar-refractivity contribution in [3.05, 3.63) is 11.1 Å². The van der Waals surface area contributed by atoms with E-state index in [0.29, 0.717) is 18.9 Å². The summed E-state index contributed by atoms with van der Waals surface area (Å²) in [4.78, 5) is 18.5. The Hall–Kier alpha value is -0.940. The third-order valence-electron chi connectivity index (χ3n) is 3.61. The Labute approximate surface area is 112 Å². The Balaban J connectivity index is 2.01. The average Bonchev–Trinajstić information content (AvgIpc) is 2.91. The second kappa shape index (κ2) is 5.80. The van der Waals surface area contributed by atoms with Crippen LogP contribution in [-0.4, -0.2) is 23.5 Å². The summed E-state index contributed by atoms with van der Waals surface area (Å²) in [5.74, 6) is 0.516. The predicted octanol–water partition coefficient (Wildman–Crippen LogP) is 2.32. The quantitative estimate of drug-likeness (QED) is 0.910. The number of anilines is 1. The lowest BCUT2D eigenvalue weighted by atomic mass is 9.99. The van der Waals surface area contributed by atoms with Gasteiger partial charge in [-0.25, -0.2) is 4.98 Å². The van der Waals surface area contributed by atoms with Crippen LogP contribution in [0.15, 0.2) is 5.38 Å². The van der Waals surface area contributed by atoms with Crippen LogP contribution >= 0.6 is 11.3 Å². The van der Waals surface area contributed by atoms with Crippen LogP contribution < -0.4 is 10.6 Å². The molecule has 0 aliphatic heterocycles. The Morgan fingerprint density at radius 3 is 2.89 bits per heavy atom. The predicted molar refractivity (Wildman–Crippen MR) is 74.8 cm³/mol. The van der Waals surface area contributed by atoms with E-state index in [1.807, 2.05) is 19.2 Å². The molecule has 1 heterocycles. The Morgan fingerprint density at radius 2 is 2.39 bits per heavy atom. The highest BCUT2D eigenvalue weighted by atomic mass is 32.1. The van der Waals surface area contributed by atoms with Crippen molar-refractivity contribution in [2.75, 3.05) is 11.4 Å². The number of carbonyl (C=O) groups excluding carboxylic acids is 1. The van der Waals surface area contributed by atoms with Crippen LogP contribution in [0.3, 0.4) is 0 Å². The number of nitrogens with zero attached hydrogens (tertiary/aromatic N) is 2. The van der Waals surface area contributed by atoms with Crippen molar-refractivity contribution in [3.63, 3.8) is 0 Å². The second-order valence-corrected chi connectivity index (χ2v) is 5.80. The molecular formula is C13H21N3OS. The van der Waals surface area contributed by atoms with Gasteiger partial charge in [-0.15, -0.1) is 11.3 Å². The third-order valence-corrected chi connectivity index (χ3v) is 4.59. The molecule has 1 aliphatic rings. The number of rotatable bonds is 4. The minimum Gasteiger partial charge on any atom is -0.327 e. The van der Waals surface area contributed by atoms with E-state index in [2.05, 4.69) is 4.98 Å². The molecule has 0 radical (unpaired) electrons. The fourth-order valence-electron chi connectivity index (χ4n) is 2.54. The van der Waals surface area contributed by atoms with Gasteiger partial charge in [-0.3, -0.25) is 9.69 Å². The lowest BCUT2D eigenvalue weighted by molar-refractivity contribution is -0.119. The molecule has 0 spiro atoms. The third kappa shape index (κ3) is 2.90. The zero-order valence-corrected chi connectivity index (χ0v) is 11.9. The topological polar surface area (TPSA) is 59.2 Å². The van der Waals surface area contributed by atoms with Crippen LogP contribution in [-0.2, 0) is 4.79 Å². The van der Waals surface area contributed by atoms with E-state index in [9.17, 15) is 4.79 Å². The van der Waals surface area contributed by atoms with Gasteiger partial charge < -0.3 is 5.73 Å². The maximum atomic E-state index is 12.3. The Morgan fingerprint density at radius 1 is 1.61 bits per heavy atom. The lowest BCUT2D eigenvalue weighted by Gasteiger charge is -2.21. The molecule has 1 aromatic rings. The van der Waals surface area contributed by atoms with E-state index in [1.165, 1.54) is 11.3 Å². The first kappa shape index (κ1) is 13.5. The molecule has 0 unspecified atom stereocenters. The van der Waals surface area contributed by atoms with Gasteiger partial charge in [-0.05, 0) is 32.6 Å². The fraction of sp³-hybridized carbons (Fsp3) is 0.692. The van der Waals surface area contributed by atoms with Crippen molar-refractivity contribution in [1.82, 2.24) is 4.98 Å². The van der Waals surface area contributed by atoms with Gasteiger partial charge in [0.1, 0.15) is 0 Å². The van der Waals surface area contributed by atoms with Crippen LogP contribution in [0.4, 0.5) is 5.13 Å². The molecule has 18 heavy (non-hydrogen) atoms. The van der Waals surface area contributed by atoms with Crippen molar-refractivity contribution in [2.45, 2.75) is 45.6 Å². The van der Waals surface area contributed by atoms with Crippen molar-refractivity contribution in [1.29, 1.82) is 0 Å². The summed E-state index contributed by atoms with van der Waals surface area (Å²) in [6, 6.07) is 0.200. The minimum absolute atomic E-state index is 0.161. The highest BCUT2D eigenvalue weighted by Gasteiger charge is 2.28. The molecule has 1 amide bonds. The van der Waals surface area contributed by atoms with E-state index < -0.39 is 0 Å². The van der Waals surface area contributed by atoms with Gasteiger partial charge in [-0.1, -0.05) is 6.42 Å². The summed E-state index contributed by atoms with van der Waals surface area (Å²) >= 11 is 1.53. The van der Waals surface area contributed by atoms with E-state index in [1.54, 1.807) is 4.90 Å². The van der Waals surface area contributed by atoms with Gasteiger partial charge in [-0.2, -0.15) is 0 Å². The summed E-state index contributed by atoms with van der Waals surface area (Å²) in [5, 5.41) is 2.79. The molecule has 4 nitrogen and oxygen atoms in total. The van der Waals surface area contributed by atoms with Gasteiger partial charge in [0, 0.05) is 24.4 Å². The second-order valence-electron chi connectivity index (χ2n) is 4.97. The first-order valence-electron chi connectivity index (χ1n) is 6.60. The normalized spacial score (nSPS) is 23.3. The SMILES string of the molecule is CCN(C(=O)C[C@@H]1CCC[C@H]1N)c1nc(C)cs1. The number of aromatic nitrogens is 1. The van der Waals surface area contributed by atoms with Crippen LogP contribution in [0.5, 0.6) is 0 Å². The van der Waals surface area contributed by atoms with Gasteiger partial charge in [0.05, 0.1) is 5.69 Å². The summed E-state index contributed by atoms with van der Waals surface area (Å²) in [6.45, 7) is 4.61. The molecule has 100 valence electrons. The van der Waals surface area contributed by atoms with Crippen molar-refractivity contribution >= 4 is 22.4 Å². The first-order valence-corrected chi connectivity index (χ1v) is 7.48. The summed E-state index contributed by atoms with van der Waals surface area (Å²) in [5.41, 5.74) is 7.00. The highest BCUT2D eigenvalue weighted by molar-refractivity contribution is 7.14. The van der Waals surface area contributed by atoms with Crippen molar-refractivity contribution in [2.24, 2.45) is 11.7 Å². The average molecular weight is 267 g/mol. The number of hydrogen-bond acceptors (Lipinski definition) is 4. The Bertz CT molecular complexity index is 418. The van der Waals surface area contributed by atoms with E-state index in [4.69, 9.17) is 5.73 Å². The smallest absolute Gasteiger partial charge is 0.229 e. The van der Waals surface area contributed by atoms with E-state index in [-0.39, 0.29) is 11.9 Å². The van der Waals surface area contributed by atoms with Crippen molar-refractivity contribution < 1.29 is 4.79 Å². The molecule has 2 rings (SSSR count). The molecule has 2 N–H and O–H groups in total. The number of thiazole rings is 1. The van der Waals surface area contributed by atoms with Crippen LogP contribution in [0, 0.1) is 12.8 Å². The number of carbonyl (C=O) groups is 1. The number of nitrogens with two attached hydrogens (primary N) is 1. The summed E-state index contributed by atoms with van der Waals surface area (Å²) < 4.78 is 0. The van der Waals surface area contributed by atoms with Gasteiger partial charge >= 0.3 is 0 Å². The summed E-state index contributed by atoms with van der Waals surface area (Å²) in [7, 11) is 0. The summed E-state index contributed by atoms with van der Waals surface area (Å²) in [6.07, 6.45) is 3.86. The molecule has 0 aromatic carbocycles. The zero-order chi connectivity index (χ0) is 13.1. The lowest BCUT2D eigenvalue weighted by Crippen LogP contribution is -2.35. The largest absolute Gasteiger partial charge is 0.327 e. The van der Waals surface area contributed by atoms with Crippen molar-refractivity contribution in [3.8, 4) is 0 Å². The standard InChI is InChI=1S/C13H21N3OS/c1-3-16(13-15-9(2)8-18-13)12(17)7-10-5-4-6-11(10)14/h8,10-11H,3-7,14H2,1-2H3/t10-,11+/m0/s1. The fourth-order valence-corrected chi connectivity index (χ4v) is 3.42. The minimum atomic E-state index is 0.161.